The Labute approximate surface area is 157 Å². The summed E-state index contributed by atoms with van der Waals surface area (Å²) in [6.45, 7) is 3.10. The van der Waals surface area contributed by atoms with Crippen LogP contribution in [0.25, 0.3) is 0 Å². The maximum atomic E-state index is 11.9. The third-order valence-corrected chi connectivity index (χ3v) is 3.41. The van der Waals surface area contributed by atoms with Crippen molar-refractivity contribution in [1.29, 1.82) is 0 Å². The van der Waals surface area contributed by atoms with Crippen LogP contribution in [-0.2, 0) is 14.3 Å². The molecule has 142 valence electrons. The highest BCUT2D eigenvalue weighted by atomic mass is 16.5. The number of rotatable bonds is 7. The lowest BCUT2D eigenvalue weighted by Crippen LogP contribution is -2.21. The highest BCUT2D eigenvalue weighted by Crippen LogP contribution is 2.13. The van der Waals surface area contributed by atoms with Crippen molar-refractivity contribution in [3.63, 3.8) is 0 Å². The molecule has 0 spiro atoms. The molecule has 0 bridgehead atoms. The molecule has 0 atom stereocenters. The Morgan fingerprint density at radius 1 is 0.889 bits per heavy atom. The van der Waals surface area contributed by atoms with Crippen molar-refractivity contribution in [2.75, 3.05) is 19.0 Å². The second-order valence-corrected chi connectivity index (χ2v) is 5.88. The zero-order valence-corrected chi connectivity index (χ0v) is 15.4. The van der Waals surface area contributed by atoms with E-state index in [4.69, 9.17) is 14.2 Å². The van der Waals surface area contributed by atoms with Crippen LogP contribution >= 0.6 is 0 Å². The number of benzene rings is 2. The van der Waals surface area contributed by atoms with Gasteiger partial charge in [-0.05, 0) is 62.4 Å². The Kier molecular flexibility index (Phi) is 6.93. The molecule has 0 heterocycles. The molecule has 27 heavy (non-hydrogen) atoms. The average molecular weight is 371 g/mol. The Morgan fingerprint density at radius 2 is 1.44 bits per heavy atom. The summed E-state index contributed by atoms with van der Waals surface area (Å²) < 4.78 is 15.1. The number of carbonyl (C=O) groups excluding carboxylic acids is 3. The fourth-order valence-electron chi connectivity index (χ4n) is 2.11. The summed E-state index contributed by atoms with van der Waals surface area (Å²) in [7, 11) is 1.53. The molecule has 0 radical (unpaired) electrons. The summed E-state index contributed by atoms with van der Waals surface area (Å²) in [6, 6.07) is 12.6. The van der Waals surface area contributed by atoms with Crippen LogP contribution in [0.3, 0.4) is 0 Å². The van der Waals surface area contributed by atoms with E-state index in [1.165, 1.54) is 7.11 Å². The normalized spacial score (nSPS) is 10.2. The molecule has 0 aromatic heterocycles. The molecule has 0 aliphatic carbocycles. The molecule has 2 aromatic carbocycles. The smallest absolute Gasteiger partial charge is 0.338 e. The lowest BCUT2D eigenvalue weighted by molar-refractivity contribution is -0.119. The van der Waals surface area contributed by atoms with Crippen molar-refractivity contribution in [1.82, 2.24) is 0 Å². The first kappa shape index (κ1) is 20.0. The summed E-state index contributed by atoms with van der Waals surface area (Å²) in [4.78, 5) is 35.6. The van der Waals surface area contributed by atoms with Gasteiger partial charge in [0.15, 0.2) is 6.61 Å². The van der Waals surface area contributed by atoms with Gasteiger partial charge in [-0.15, -0.1) is 0 Å². The van der Waals surface area contributed by atoms with E-state index in [1.54, 1.807) is 62.4 Å². The van der Waals surface area contributed by atoms with Crippen LogP contribution in [0.5, 0.6) is 5.75 Å². The molecule has 0 aliphatic heterocycles. The summed E-state index contributed by atoms with van der Waals surface area (Å²) in [5.74, 6) is -0.921. The maximum Gasteiger partial charge on any atom is 0.338 e. The number of esters is 2. The molecule has 0 unspecified atom stereocenters. The molecule has 2 rings (SSSR count). The zero-order chi connectivity index (χ0) is 19.8. The van der Waals surface area contributed by atoms with E-state index in [0.717, 1.165) is 0 Å². The number of hydrogen-bond donors (Lipinski definition) is 1. The van der Waals surface area contributed by atoms with Gasteiger partial charge in [0, 0.05) is 5.69 Å². The van der Waals surface area contributed by atoms with Crippen molar-refractivity contribution in [3.8, 4) is 5.75 Å². The molecule has 0 aliphatic rings. The van der Waals surface area contributed by atoms with Crippen LogP contribution in [0.4, 0.5) is 5.69 Å². The zero-order valence-electron chi connectivity index (χ0n) is 15.4. The lowest BCUT2D eigenvalue weighted by Gasteiger charge is -2.09. The molecule has 0 saturated carbocycles. The van der Waals surface area contributed by atoms with Crippen LogP contribution in [0.1, 0.15) is 34.6 Å². The van der Waals surface area contributed by atoms with E-state index in [1.807, 2.05) is 0 Å². The molecule has 0 fully saturated rings. The first-order valence-corrected chi connectivity index (χ1v) is 8.31. The first-order chi connectivity index (χ1) is 12.9. The number of nitrogens with one attached hydrogen (secondary N) is 1. The van der Waals surface area contributed by atoms with Crippen molar-refractivity contribution >= 4 is 23.5 Å². The second kappa shape index (κ2) is 9.38. The van der Waals surface area contributed by atoms with Crippen LogP contribution < -0.4 is 10.1 Å². The minimum absolute atomic E-state index is 0.211. The minimum atomic E-state index is -0.611. The Morgan fingerprint density at radius 3 is 2.00 bits per heavy atom. The van der Waals surface area contributed by atoms with Gasteiger partial charge in [0.2, 0.25) is 0 Å². The van der Waals surface area contributed by atoms with Gasteiger partial charge in [0.1, 0.15) is 5.75 Å². The first-order valence-electron chi connectivity index (χ1n) is 8.31. The molecule has 2 aromatic rings. The topological polar surface area (TPSA) is 90.9 Å². The van der Waals surface area contributed by atoms with Crippen LogP contribution in [0, 0.1) is 0 Å². The molecule has 0 saturated heterocycles. The number of hydrogen-bond acceptors (Lipinski definition) is 6. The lowest BCUT2D eigenvalue weighted by atomic mass is 10.2. The summed E-state index contributed by atoms with van der Waals surface area (Å²) in [5, 5.41) is 2.59. The minimum Gasteiger partial charge on any atom is -0.497 e. The molecule has 1 N–H and O–H groups in total. The molecule has 7 nitrogen and oxygen atoms in total. The van der Waals surface area contributed by atoms with Gasteiger partial charge in [-0.1, -0.05) is 0 Å². The number of ether oxygens (including phenoxy) is 3. The van der Waals surface area contributed by atoms with E-state index in [-0.39, 0.29) is 6.10 Å². The quantitative estimate of drug-likeness (QED) is 0.752. The van der Waals surface area contributed by atoms with Crippen molar-refractivity contribution < 1.29 is 28.6 Å². The summed E-state index contributed by atoms with van der Waals surface area (Å²) in [5.41, 5.74) is 1.17. The number of carbonyl (C=O) groups is 3. The predicted molar refractivity (Wildman–Crippen MR) is 98.9 cm³/mol. The van der Waals surface area contributed by atoms with Gasteiger partial charge in [-0.2, -0.15) is 0 Å². The van der Waals surface area contributed by atoms with Crippen LogP contribution in [0.2, 0.25) is 0 Å². The Hall–Kier alpha value is -3.35. The standard InChI is InChI=1S/C20H21NO6/c1-13(2)27-20(24)15-4-8-16(9-5-15)21-18(22)12-26-19(23)14-6-10-17(25-3)11-7-14/h4-11,13H,12H2,1-3H3,(H,21,22). The SMILES string of the molecule is COc1ccc(C(=O)OCC(=O)Nc2ccc(C(=O)OC(C)C)cc2)cc1. The van der Waals surface area contributed by atoms with Gasteiger partial charge >= 0.3 is 11.9 Å². The van der Waals surface area contributed by atoms with Crippen molar-refractivity contribution in [2.45, 2.75) is 20.0 Å². The number of amides is 1. The van der Waals surface area contributed by atoms with E-state index >= 15 is 0 Å². The third kappa shape index (κ3) is 6.14. The van der Waals surface area contributed by atoms with Gasteiger partial charge in [0.25, 0.3) is 5.91 Å². The van der Waals surface area contributed by atoms with Crippen molar-refractivity contribution in [3.05, 3.63) is 59.7 Å². The fraction of sp³-hybridized carbons (Fsp3) is 0.250. The number of anilines is 1. The molecular formula is C20H21NO6. The molecule has 1 amide bonds. The van der Waals surface area contributed by atoms with Crippen LogP contribution in [0.15, 0.2) is 48.5 Å². The molecule has 7 heteroatoms. The van der Waals surface area contributed by atoms with Gasteiger partial charge < -0.3 is 19.5 Å². The second-order valence-electron chi connectivity index (χ2n) is 5.88. The van der Waals surface area contributed by atoms with Gasteiger partial charge in [0.05, 0.1) is 24.3 Å². The summed E-state index contributed by atoms with van der Waals surface area (Å²) >= 11 is 0. The maximum absolute atomic E-state index is 11.9. The van der Waals surface area contributed by atoms with E-state index in [0.29, 0.717) is 22.6 Å². The molecular weight excluding hydrogens is 350 g/mol. The highest BCUT2D eigenvalue weighted by Gasteiger charge is 2.12. The fourth-order valence-corrected chi connectivity index (χ4v) is 2.11. The largest absolute Gasteiger partial charge is 0.497 e. The summed E-state index contributed by atoms with van der Waals surface area (Å²) in [6.07, 6.45) is -0.211. The Balaban J connectivity index is 1.84. The highest BCUT2D eigenvalue weighted by molar-refractivity contribution is 5.96. The van der Waals surface area contributed by atoms with E-state index in [2.05, 4.69) is 5.32 Å². The Bertz CT molecular complexity index is 796. The third-order valence-electron chi connectivity index (χ3n) is 3.41. The van der Waals surface area contributed by atoms with Gasteiger partial charge in [-0.25, -0.2) is 9.59 Å². The number of methoxy groups -OCH3 is 1. The monoisotopic (exact) mass is 371 g/mol. The van der Waals surface area contributed by atoms with Crippen LogP contribution in [-0.4, -0.2) is 37.7 Å². The van der Waals surface area contributed by atoms with Crippen molar-refractivity contribution in [2.24, 2.45) is 0 Å². The average Bonchev–Trinajstić information content (AvgIpc) is 2.66. The van der Waals surface area contributed by atoms with Gasteiger partial charge in [-0.3, -0.25) is 4.79 Å². The van der Waals surface area contributed by atoms with E-state index < -0.39 is 24.5 Å². The van der Waals surface area contributed by atoms with E-state index in [9.17, 15) is 14.4 Å². The predicted octanol–water partition coefficient (Wildman–Crippen LogP) is 3.06.